The summed E-state index contributed by atoms with van der Waals surface area (Å²) >= 11 is 0. The normalized spacial score (nSPS) is 9.64. The summed E-state index contributed by atoms with van der Waals surface area (Å²) in [7, 11) is 0. The van der Waals surface area contributed by atoms with Crippen molar-refractivity contribution in [1.29, 1.82) is 0 Å². The molecule has 0 aliphatic carbocycles. The van der Waals surface area contributed by atoms with E-state index >= 15 is 0 Å². The molecule has 0 aliphatic heterocycles. The molecule has 0 aliphatic rings. The molecular formula is C9H10O2. The number of hydrogen-bond acceptors (Lipinski definition) is 2. The molecule has 1 aromatic rings. The first-order chi connectivity index (χ1) is 5.27. The number of carbonyl (C=O) groups is 1. The lowest BCUT2D eigenvalue weighted by Crippen LogP contribution is -1.90. The Balaban J connectivity index is 3.12. The zero-order valence-electron chi connectivity index (χ0n) is 6.37. The van der Waals surface area contributed by atoms with Gasteiger partial charge in [0.25, 0.3) is 0 Å². The molecule has 0 amide bonds. The molecule has 0 aromatic heterocycles. The van der Waals surface area contributed by atoms with Crippen molar-refractivity contribution < 1.29 is 9.90 Å². The van der Waals surface area contributed by atoms with Crippen LogP contribution in [0.1, 0.15) is 21.5 Å². The number of aliphatic hydroxyl groups is 1. The minimum atomic E-state index is -0.00644. The van der Waals surface area contributed by atoms with Gasteiger partial charge < -0.3 is 5.11 Å². The molecule has 0 heterocycles. The highest BCUT2D eigenvalue weighted by molar-refractivity contribution is 5.75. The van der Waals surface area contributed by atoms with Crippen LogP contribution < -0.4 is 0 Å². The maximum atomic E-state index is 10.3. The van der Waals surface area contributed by atoms with Crippen molar-refractivity contribution in [2.24, 2.45) is 0 Å². The molecule has 1 rings (SSSR count). The molecule has 0 radical (unpaired) electrons. The summed E-state index contributed by atoms with van der Waals surface area (Å²) in [5, 5.41) is 8.82. The Morgan fingerprint density at radius 1 is 1.55 bits per heavy atom. The molecule has 0 unspecified atom stereocenters. The Hall–Kier alpha value is -1.15. The van der Waals surface area contributed by atoms with Crippen LogP contribution in [0, 0.1) is 6.92 Å². The second-order valence-electron chi connectivity index (χ2n) is 2.46. The summed E-state index contributed by atoms with van der Waals surface area (Å²) in [6.07, 6.45) is 0.776. The zero-order valence-corrected chi connectivity index (χ0v) is 6.37. The van der Waals surface area contributed by atoms with Gasteiger partial charge in [0.05, 0.1) is 6.61 Å². The Morgan fingerprint density at radius 3 is 2.82 bits per heavy atom. The SMILES string of the molecule is Cc1ccc(C=O)cc1CO. The molecule has 0 saturated carbocycles. The third kappa shape index (κ3) is 1.65. The maximum Gasteiger partial charge on any atom is 0.150 e. The maximum absolute atomic E-state index is 10.3. The van der Waals surface area contributed by atoms with Gasteiger partial charge in [-0.15, -0.1) is 0 Å². The van der Waals surface area contributed by atoms with E-state index in [0.29, 0.717) is 5.56 Å². The van der Waals surface area contributed by atoms with E-state index in [1.54, 1.807) is 12.1 Å². The number of benzene rings is 1. The largest absolute Gasteiger partial charge is 0.392 e. The standard InChI is InChI=1S/C9H10O2/c1-7-2-3-8(5-10)4-9(7)6-11/h2-5,11H,6H2,1H3. The van der Waals surface area contributed by atoms with Crippen molar-refractivity contribution in [3.63, 3.8) is 0 Å². The first kappa shape index (κ1) is 7.95. The first-order valence-corrected chi connectivity index (χ1v) is 3.43. The molecule has 1 aromatic carbocycles. The molecule has 0 atom stereocenters. The van der Waals surface area contributed by atoms with E-state index in [1.807, 2.05) is 13.0 Å². The average Bonchev–Trinajstić information content (AvgIpc) is 2.05. The lowest BCUT2D eigenvalue weighted by molar-refractivity contribution is 0.112. The predicted octanol–water partition coefficient (Wildman–Crippen LogP) is 1.30. The Kier molecular flexibility index (Phi) is 2.39. The molecule has 58 valence electrons. The first-order valence-electron chi connectivity index (χ1n) is 3.43. The Morgan fingerprint density at radius 2 is 2.27 bits per heavy atom. The topological polar surface area (TPSA) is 37.3 Å². The minimum Gasteiger partial charge on any atom is -0.392 e. The second kappa shape index (κ2) is 3.30. The highest BCUT2D eigenvalue weighted by atomic mass is 16.3. The van der Waals surface area contributed by atoms with Crippen molar-refractivity contribution in [1.82, 2.24) is 0 Å². The van der Waals surface area contributed by atoms with E-state index in [2.05, 4.69) is 0 Å². The van der Waals surface area contributed by atoms with Gasteiger partial charge in [-0.3, -0.25) is 4.79 Å². The number of hydrogen-bond donors (Lipinski definition) is 1. The molecule has 2 nitrogen and oxygen atoms in total. The van der Waals surface area contributed by atoms with Gasteiger partial charge in [-0.2, -0.15) is 0 Å². The summed E-state index contributed by atoms with van der Waals surface area (Å²) in [5.74, 6) is 0. The van der Waals surface area contributed by atoms with Crippen LogP contribution in [-0.4, -0.2) is 11.4 Å². The Labute approximate surface area is 65.5 Å². The quantitative estimate of drug-likeness (QED) is 0.645. The van der Waals surface area contributed by atoms with Crippen LogP contribution in [-0.2, 0) is 6.61 Å². The number of carbonyl (C=O) groups excluding carboxylic acids is 1. The number of aliphatic hydroxyl groups excluding tert-OH is 1. The zero-order chi connectivity index (χ0) is 8.27. The van der Waals surface area contributed by atoms with Gasteiger partial charge in [0.1, 0.15) is 6.29 Å². The fourth-order valence-corrected chi connectivity index (χ4v) is 0.935. The number of rotatable bonds is 2. The lowest BCUT2D eigenvalue weighted by Gasteiger charge is -2.01. The van der Waals surface area contributed by atoms with E-state index in [1.165, 1.54) is 0 Å². The van der Waals surface area contributed by atoms with Gasteiger partial charge in [-0.25, -0.2) is 0 Å². The third-order valence-corrected chi connectivity index (χ3v) is 1.68. The minimum absolute atomic E-state index is 0.00644. The van der Waals surface area contributed by atoms with Crippen molar-refractivity contribution in [3.8, 4) is 0 Å². The molecule has 11 heavy (non-hydrogen) atoms. The molecule has 0 saturated heterocycles. The van der Waals surface area contributed by atoms with Crippen LogP contribution in [0.2, 0.25) is 0 Å². The highest BCUT2D eigenvalue weighted by Crippen LogP contribution is 2.09. The van der Waals surface area contributed by atoms with Gasteiger partial charge in [0.15, 0.2) is 0 Å². The lowest BCUT2D eigenvalue weighted by atomic mass is 10.1. The summed E-state index contributed by atoms with van der Waals surface area (Å²) in [6, 6.07) is 5.26. The third-order valence-electron chi connectivity index (χ3n) is 1.68. The van der Waals surface area contributed by atoms with Crippen LogP contribution in [0.5, 0.6) is 0 Å². The van der Waals surface area contributed by atoms with Crippen LogP contribution in [0.4, 0.5) is 0 Å². The molecule has 2 heteroatoms. The molecule has 0 fully saturated rings. The van der Waals surface area contributed by atoms with Gasteiger partial charge in [0.2, 0.25) is 0 Å². The second-order valence-corrected chi connectivity index (χ2v) is 2.46. The van der Waals surface area contributed by atoms with Crippen molar-refractivity contribution in [2.75, 3.05) is 0 Å². The van der Waals surface area contributed by atoms with Gasteiger partial charge in [-0.1, -0.05) is 12.1 Å². The summed E-state index contributed by atoms with van der Waals surface area (Å²) in [6.45, 7) is 1.90. The van der Waals surface area contributed by atoms with E-state index in [-0.39, 0.29) is 6.61 Å². The molecule has 0 spiro atoms. The van der Waals surface area contributed by atoms with Crippen molar-refractivity contribution in [2.45, 2.75) is 13.5 Å². The number of aryl methyl sites for hydroxylation is 1. The fraction of sp³-hybridized carbons (Fsp3) is 0.222. The van der Waals surface area contributed by atoms with E-state index in [0.717, 1.165) is 17.4 Å². The van der Waals surface area contributed by atoms with Crippen LogP contribution in [0.3, 0.4) is 0 Å². The number of aldehydes is 1. The fourth-order valence-electron chi connectivity index (χ4n) is 0.935. The molecular weight excluding hydrogens is 140 g/mol. The van der Waals surface area contributed by atoms with Gasteiger partial charge >= 0.3 is 0 Å². The van der Waals surface area contributed by atoms with Gasteiger partial charge in [-0.05, 0) is 24.1 Å². The van der Waals surface area contributed by atoms with Crippen molar-refractivity contribution >= 4 is 6.29 Å². The van der Waals surface area contributed by atoms with E-state index < -0.39 is 0 Å². The van der Waals surface area contributed by atoms with Crippen LogP contribution in [0.25, 0.3) is 0 Å². The molecule has 0 bridgehead atoms. The monoisotopic (exact) mass is 150 g/mol. The van der Waals surface area contributed by atoms with Crippen molar-refractivity contribution in [3.05, 3.63) is 34.9 Å². The van der Waals surface area contributed by atoms with E-state index in [9.17, 15) is 4.79 Å². The van der Waals surface area contributed by atoms with Crippen LogP contribution in [0.15, 0.2) is 18.2 Å². The van der Waals surface area contributed by atoms with Gasteiger partial charge in [0, 0.05) is 5.56 Å². The summed E-state index contributed by atoms with van der Waals surface area (Å²) in [5.41, 5.74) is 2.44. The smallest absolute Gasteiger partial charge is 0.150 e. The molecule has 1 N–H and O–H groups in total. The average molecular weight is 150 g/mol. The summed E-state index contributed by atoms with van der Waals surface area (Å²) < 4.78 is 0. The summed E-state index contributed by atoms with van der Waals surface area (Å²) in [4.78, 5) is 10.3. The Bertz CT molecular complexity index is 266. The van der Waals surface area contributed by atoms with E-state index in [4.69, 9.17) is 5.11 Å². The predicted molar refractivity (Wildman–Crippen MR) is 42.5 cm³/mol. The van der Waals surface area contributed by atoms with Crippen LogP contribution >= 0.6 is 0 Å². The highest BCUT2D eigenvalue weighted by Gasteiger charge is 1.97.